The van der Waals surface area contributed by atoms with Crippen molar-refractivity contribution in [2.45, 2.75) is 25.8 Å². The van der Waals surface area contributed by atoms with Gasteiger partial charge in [-0.1, -0.05) is 29.8 Å². The summed E-state index contributed by atoms with van der Waals surface area (Å²) < 4.78 is 13.2. The molecule has 5 heteroatoms. The first-order valence-corrected chi connectivity index (χ1v) is 8.06. The molecule has 124 valence electrons. The number of rotatable bonds is 5. The number of carbonyl (C=O) groups is 2. The zero-order valence-electron chi connectivity index (χ0n) is 13.5. The normalized spacial score (nSPS) is 17.6. The fraction of sp³-hybridized carbons (Fsp3) is 0.263. The number of amides is 2. The van der Waals surface area contributed by atoms with Crippen molar-refractivity contribution in [3.05, 3.63) is 65.5 Å². The van der Waals surface area contributed by atoms with E-state index < -0.39 is 6.04 Å². The summed E-state index contributed by atoms with van der Waals surface area (Å²) in [5.41, 5.74) is 2.59. The minimum atomic E-state index is -0.396. The van der Waals surface area contributed by atoms with E-state index in [-0.39, 0.29) is 24.1 Å². The molecule has 1 heterocycles. The summed E-state index contributed by atoms with van der Waals surface area (Å²) in [4.78, 5) is 26.0. The van der Waals surface area contributed by atoms with Gasteiger partial charge in [-0.25, -0.2) is 9.29 Å². The Labute approximate surface area is 140 Å². The van der Waals surface area contributed by atoms with E-state index in [1.165, 1.54) is 17.0 Å². The highest BCUT2D eigenvalue weighted by Crippen LogP contribution is 2.21. The molecule has 1 saturated heterocycles. The molecule has 0 bridgehead atoms. The van der Waals surface area contributed by atoms with Crippen molar-refractivity contribution < 1.29 is 19.3 Å². The van der Waals surface area contributed by atoms with Gasteiger partial charge in [0.25, 0.3) is 5.91 Å². The first-order chi connectivity index (χ1) is 11.5. The van der Waals surface area contributed by atoms with Crippen molar-refractivity contribution in [2.24, 2.45) is 0 Å². The minimum absolute atomic E-state index is 0.171. The molecular weight excluding hydrogens is 307 g/mol. The second kappa shape index (κ2) is 6.93. The lowest BCUT2D eigenvalue weighted by Crippen LogP contribution is -2.92. The first kappa shape index (κ1) is 16.3. The Kier molecular flexibility index (Phi) is 4.71. The van der Waals surface area contributed by atoms with E-state index >= 15 is 0 Å². The van der Waals surface area contributed by atoms with Crippen molar-refractivity contribution in [1.29, 1.82) is 0 Å². The van der Waals surface area contributed by atoms with Gasteiger partial charge in [0.15, 0.2) is 6.04 Å². The van der Waals surface area contributed by atoms with Gasteiger partial charge in [0.1, 0.15) is 5.82 Å². The Hall–Kier alpha value is -2.53. The Balaban J connectivity index is 1.60. The van der Waals surface area contributed by atoms with Gasteiger partial charge in [-0.3, -0.25) is 9.59 Å². The SMILES string of the molecule is Cc1ccc(N2C(=O)C[C@@H]([NH2+]CCc3cccc(F)c3)C2=O)cc1. The van der Waals surface area contributed by atoms with Crippen LogP contribution in [-0.4, -0.2) is 24.4 Å². The molecule has 24 heavy (non-hydrogen) atoms. The molecule has 2 amide bonds. The van der Waals surface area contributed by atoms with Crippen LogP contribution >= 0.6 is 0 Å². The molecule has 2 aromatic rings. The number of carbonyl (C=O) groups excluding carboxylic acids is 2. The highest BCUT2D eigenvalue weighted by molar-refractivity contribution is 6.21. The standard InChI is InChI=1S/C19H19FN2O2/c1-13-5-7-16(8-6-13)22-18(23)12-17(19(22)24)21-10-9-14-3-2-4-15(20)11-14/h2-8,11,17,21H,9-10,12H2,1H3/p+1/t17-/m1/s1. The van der Waals surface area contributed by atoms with E-state index in [2.05, 4.69) is 0 Å². The summed E-state index contributed by atoms with van der Waals surface area (Å²) in [6.45, 7) is 2.59. The van der Waals surface area contributed by atoms with Gasteiger partial charge >= 0.3 is 0 Å². The third-order valence-electron chi connectivity index (χ3n) is 4.25. The molecule has 1 atom stereocenters. The van der Waals surface area contributed by atoms with Crippen LogP contribution in [0.1, 0.15) is 17.5 Å². The molecule has 0 aromatic heterocycles. The topological polar surface area (TPSA) is 54.0 Å². The zero-order valence-corrected chi connectivity index (χ0v) is 13.5. The number of quaternary nitrogens is 1. The summed E-state index contributed by atoms with van der Waals surface area (Å²) in [7, 11) is 0. The molecule has 0 aliphatic carbocycles. The summed E-state index contributed by atoms with van der Waals surface area (Å²) >= 11 is 0. The monoisotopic (exact) mass is 327 g/mol. The molecular formula is C19H20FN2O2+. The van der Waals surface area contributed by atoms with E-state index in [1.54, 1.807) is 18.2 Å². The average Bonchev–Trinajstić information content (AvgIpc) is 2.83. The lowest BCUT2D eigenvalue weighted by atomic mass is 10.1. The Bertz CT molecular complexity index is 758. The number of halogens is 1. The van der Waals surface area contributed by atoms with Gasteiger partial charge in [0, 0.05) is 6.42 Å². The smallest absolute Gasteiger partial charge is 0.292 e. The third kappa shape index (κ3) is 3.51. The van der Waals surface area contributed by atoms with Crippen molar-refractivity contribution >= 4 is 17.5 Å². The van der Waals surface area contributed by atoms with Crippen LogP contribution in [0, 0.1) is 12.7 Å². The Morgan fingerprint density at radius 3 is 2.62 bits per heavy atom. The second-order valence-electron chi connectivity index (χ2n) is 6.12. The maximum Gasteiger partial charge on any atom is 0.292 e. The maximum atomic E-state index is 13.2. The van der Waals surface area contributed by atoms with E-state index in [1.807, 2.05) is 30.4 Å². The van der Waals surface area contributed by atoms with Crippen LogP contribution in [0.15, 0.2) is 48.5 Å². The third-order valence-corrected chi connectivity index (χ3v) is 4.25. The van der Waals surface area contributed by atoms with Crippen LogP contribution in [0.3, 0.4) is 0 Å². The summed E-state index contributed by atoms with van der Waals surface area (Å²) in [5.74, 6) is -0.607. The van der Waals surface area contributed by atoms with Crippen LogP contribution < -0.4 is 10.2 Å². The number of benzene rings is 2. The molecule has 1 aliphatic rings. The number of hydrogen-bond acceptors (Lipinski definition) is 2. The molecule has 2 N–H and O–H groups in total. The van der Waals surface area contributed by atoms with Crippen LogP contribution in [-0.2, 0) is 16.0 Å². The molecule has 0 spiro atoms. The van der Waals surface area contributed by atoms with Gasteiger partial charge in [0.2, 0.25) is 5.91 Å². The van der Waals surface area contributed by atoms with E-state index in [0.29, 0.717) is 18.7 Å². The minimum Gasteiger partial charge on any atom is -0.335 e. The molecule has 4 nitrogen and oxygen atoms in total. The van der Waals surface area contributed by atoms with Crippen LogP contribution in [0.25, 0.3) is 0 Å². The quantitative estimate of drug-likeness (QED) is 0.848. The van der Waals surface area contributed by atoms with Gasteiger partial charge in [-0.2, -0.15) is 0 Å². The zero-order chi connectivity index (χ0) is 17.1. The van der Waals surface area contributed by atoms with E-state index in [4.69, 9.17) is 0 Å². The molecule has 0 saturated carbocycles. The fourth-order valence-corrected chi connectivity index (χ4v) is 2.95. The largest absolute Gasteiger partial charge is 0.335 e. The first-order valence-electron chi connectivity index (χ1n) is 8.06. The predicted molar refractivity (Wildman–Crippen MR) is 89.0 cm³/mol. The van der Waals surface area contributed by atoms with Gasteiger partial charge < -0.3 is 5.32 Å². The number of imide groups is 1. The van der Waals surface area contributed by atoms with Crippen molar-refractivity contribution in [2.75, 3.05) is 11.4 Å². The number of nitrogens with two attached hydrogens (primary N) is 1. The molecule has 3 rings (SSSR count). The van der Waals surface area contributed by atoms with Gasteiger partial charge in [-0.05, 0) is 36.8 Å². The van der Waals surface area contributed by atoms with E-state index in [0.717, 1.165) is 11.1 Å². The molecule has 1 aliphatic heterocycles. The molecule has 0 radical (unpaired) electrons. The van der Waals surface area contributed by atoms with Gasteiger partial charge in [-0.15, -0.1) is 0 Å². The van der Waals surface area contributed by atoms with Gasteiger partial charge in [0.05, 0.1) is 18.7 Å². The molecule has 2 aromatic carbocycles. The maximum absolute atomic E-state index is 13.2. The highest BCUT2D eigenvalue weighted by atomic mass is 19.1. The fourth-order valence-electron chi connectivity index (χ4n) is 2.95. The van der Waals surface area contributed by atoms with Crippen LogP contribution in [0.5, 0.6) is 0 Å². The summed E-state index contributed by atoms with van der Waals surface area (Å²) in [6, 6.07) is 13.4. The molecule has 1 fully saturated rings. The van der Waals surface area contributed by atoms with Crippen molar-refractivity contribution in [1.82, 2.24) is 0 Å². The van der Waals surface area contributed by atoms with Crippen LogP contribution in [0.2, 0.25) is 0 Å². The van der Waals surface area contributed by atoms with Crippen molar-refractivity contribution in [3.63, 3.8) is 0 Å². The number of aryl methyl sites for hydroxylation is 1. The summed E-state index contributed by atoms with van der Waals surface area (Å²) in [6.07, 6.45) is 0.857. The van der Waals surface area contributed by atoms with Crippen molar-refractivity contribution in [3.8, 4) is 0 Å². The number of nitrogens with zero attached hydrogens (tertiary/aromatic N) is 1. The predicted octanol–water partition coefficient (Wildman–Crippen LogP) is 1.57. The highest BCUT2D eigenvalue weighted by Gasteiger charge is 2.41. The average molecular weight is 327 g/mol. The Morgan fingerprint density at radius 2 is 1.92 bits per heavy atom. The lowest BCUT2D eigenvalue weighted by molar-refractivity contribution is -0.674. The number of hydrogen-bond donors (Lipinski definition) is 1. The number of anilines is 1. The summed E-state index contributed by atoms with van der Waals surface area (Å²) in [5, 5.41) is 1.87. The lowest BCUT2D eigenvalue weighted by Gasteiger charge is -2.14. The van der Waals surface area contributed by atoms with Crippen LogP contribution in [0.4, 0.5) is 10.1 Å². The van der Waals surface area contributed by atoms with E-state index in [9.17, 15) is 14.0 Å². The Morgan fingerprint density at radius 1 is 1.17 bits per heavy atom. The molecule has 0 unspecified atom stereocenters. The second-order valence-corrected chi connectivity index (χ2v) is 6.12.